The van der Waals surface area contributed by atoms with E-state index in [2.05, 4.69) is 10.3 Å². The van der Waals surface area contributed by atoms with Crippen LogP contribution in [0.5, 0.6) is 5.75 Å². The third-order valence-corrected chi connectivity index (χ3v) is 5.70. The van der Waals surface area contributed by atoms with Crippen molar-refractivity contribution in [3.8, 4) is 5.75 Å². The highest BCUT2D eigenvalue weighted by Gasteiger charge is 2.32. The number of aromatic nitrogens is 1. The van der Waals surface area contributed by atoms with Crippen LogP contribution in [-0.4, -0.2) is 71.6 Å². The van der Waals surface area contributed by atoms with E-state index < -0.39 is 17.8 Å². The van der Waals surface area contributed by atoms with E-state index in [4.69, 9.17) is 4.74 Å². The summed E-state index contributed by atoms with van der Waals surface area (Å²) < 4.78 is 18.6. The highest BCUT2D eigenvalue weighted by Crippen LogP contribution is 2.31. The second-order valence-electron chi connectivity index (χ2n) is 7.77. The maximum atomic E-state index is 13.3. The van der Waals surface area contributed by atoms with Crippen LogP contribution in [0.1, 0.15) is 11.6 Å². The molecule has 2 heterocycles. The number of piperazine rings is 1. The Kier molecular flexibility index (Phi) is 6.38. The van der Waals surface area contributed by atoms with E-state index in [0.717, 1.165) is 10.9 Å². The van der Waals surface area contributed by atoms with Crippen molar-refractivity contribution in [1.29, 1.82) is 0 Å². The Labute approximate surface area is 184 Å². The number of carboxylic acid groups (broad SMARTS) is 1. The molecule has 2 aromatic carbocycles. The summed E-state index contributed by atoms with van der Waals surface area (Å²) >= 11 is 0. The minimum absolute atomic E-state index is 0.159. The molecule has 0 aliphatic carbocycles. The first kappa shape index (κ1) is 21.8. The van der Waals surface area contributed by atoms with E-state index in [1.807, 2.05) is 28.0 Å². The summed E-state index contributed by atoms with van der Waals surface area (Å²) in [5.74, 6) is -0.906. The van der Waals surface area contributed by atoms with Crippen LogP contribution in [0.4, 0.5) is 10.1 Å². The Hall–Kier alpha value is -3.43. The van der Waals surface area contributed by atoms with E-state index in [0.29, 0.717) is 43.2 Å². The molecule has 3 N–H and O–H groups in total. The zero-order valence-corrected chi connectivity index (χ0v) is 17.7. The molecule has 1 aromatic heterocycles. The SMILES string of the molecule is COc1ccc2[nH]cc(C(C(=O)O)N3CCN(CC(=O)Nc4cccc(F)c4)CC3)c2c1. The number of nitrogens with one attached hydrogen (secondary N) is 2. The Morgan fingerprint density at radius 1 is 1.19 bits per heavy atom. The highest BCUT2D eigenvalue weighted by atomic mass is 19.1. The molecule has 8 nitrogen and oxygen atoms in total. The minimum atomic E-state index is -0.925. The van der Waals surface area contributed by atoms with Gasteiger partial charge in [-0.1, -0.05) is 6.07 Å². The van der Waals surface area contributed by atoms with E-state index >= 15 is 0 Å². The lowest BCUT2D eigenvalue weighted by molar-refractivity contribution is -0.144. The maximum absolute atomic E-state index is 13.3. The zero-order chi connectivity index (χ0) is 22.7. The lowest BCUT2D eigenvalue weighted by Crippen LogP contribution is -2.50. The van der Waals surface area contributed by atoms with E-state index in [1.165, 1.54) is 18.2 Å². The first-order chi connectivity index (χ1) is 15.4. The monoisotopic (exact) mass is 440 g/mol. The van der Waals surface area contributed by atoms with Crippen molar-refractivity contribution < 1.29 is 23.8 Å². The van der Waals surface area contributed by atoms with Gasteiger partial charge in [-0.25, -0.2) is 4.39 Å². The number of anilines is 1. The van der Waals surface area contributed by atoms with Gasteiger partial charge in [-0.15, -0.1) is 0 Å². The van der Waals surface area contributed by atoms with Crippen molar-refractivity contribution in [3.63, 3.8) is 0 Å². The number of benzene rings is 2. The third-order valence-electron chi connectivity index (χ3n) is 5.70. The van der Waals surface area contributed by atoms with Gasteiger partial charge in [-0.2, -0.15) is 0 Å². The fourth-order valence-corrected chi connectivity index (χ4v) is 4.11. The van der Waals surface area contributed by atoms with Gasteiger partial charge in [0.2, 0.25) is 5.91 Å². The van der Waals surface area contributed by atoms with E-state index in [-0.39, 0.29) is 12.5 Å². The molecular formula is C23H25FN4O4. The number of carbonyl (C=O) groups is 2. The van der Waals surface area contributed by atoms with Gasteiger partial charge in [0.05, 0.1) is 13.7 Å². The van der Waals surface area contributed by atoms with Gasteiger partial charge in [0, 0.05) is 54.5 Å². The van der Waals surface area contributed by atoms with Gasteiger partial charge < -0.3 is 20.1 Å². The Morgan fingerprint density at radius 3 is 2.66 bits per heavy atom. The molecule has 1 saturated heterocycles. The van der Waals surface area contributed by atoms with Gasteiger partial charge in [-0.05, 0) is 36.4 Å². The molecule has 1 atom stereocenters. The number of hydrogen-bond donors (Lipinski definition) is 3. The van der Waals surface area contributed by atoms with Gasteiger partial charge in [0.25, 0.3) is 0 Å². The van der Waals surface area contributed by atoms with Crippen LogP contribution in [0, 0.1) is 5.82 Å². The van der Waals surface area contributed by atoms with Crippen molar-refractivity contribution in [2.24, 2.45) is 0 Å². The molecule has 0 bridgehead atoms. The van der Waals surface area contributed by atoms with Gasteiger partial charge in [-0.3, -0.25) is 19.4 Å². The predicted octanol–water partition coefficient (Wildman–Crippen LogP) is 2.70. The van der Waals surface area contributed by atoms with E-state index in [1.54, 1.807) is 19.4 Å². The Morgan fingerprint density at radius 2 is 1.97 bits per heavy atom. The molecule has 168 valence electrons. The summed E-state index contributed by atoms with van der Waals surface area (Å²) in [5, 5.41) is 13.5. The standard InChI is InChI=1S/C23H25FN4O4/c1-32-17-5-6-20-18(12-17)19(13-25-20)22(23(30)31)28-9-7-27(8-10-28)14-21(29)26-16-4-2-3-15(24)11-16/h2-6,11-13,22,25H,7-10,14H2,1H3,(H,26,29)(H,30,31). The number of rotatable bonds is 7. The number of carbonyl (C=O) groups excluding carboxylic acids is 1. The molecule has 1 amide bonds. The normalized spacial score (nSPS) is 16.1. The van der Waals surface area contributed by atoms with Crippen LogP contribution in [0.25, 0.3) is 10.9 Å². The molecule has 32 heavy (non-hydrogen) atoms. The van der Waals surface area contributed by atoms with Crippen LogP contribution < -0.4 is 10.1 Å². The van der Waals surface area contributed by atoms with Crippen LogP contribution >= 0.6 is 0 Å². The molecule has 1 aliphatic rings. The number of carboxylic acids is 1. The first-order valence-electron chi connectivity index (χ1n) is 10.3. The Bertz CT molecular complexity index is 1120. The number of H-pyrrole nitrogens is 1. The maximum Gasteiger partial charge on any atom is 0.325 e. The molecule has 1 fully saturated rings. The number of ether oxygens (including phenoxy) is 1. The quantitative estimate of drug-likeness (QED) is 0.523. The van der Waals surface area contributed by atoms with Gasteiger partial charge in [0.15, 0.2) is 0 Å². The molecular weight excluding hydrogens is 415 g/mol. The molecule has 1 unspecified atom stereocenters. The van der Waals surface area contributed by atoms with Crippen molar-refractivity contribution in [1.82, 2.24) is 14.8 Å². The zero-order valence-electron chi connectivity index (χ0n) is 17.7. The fourth-order valence-electron chi connectivity index (χ4n) is 4.11. The lowest BCUT2D eigenvalue weighted by atomic mass is 10.0. The average Bonchev–Trinajstić information content (AvgIpc) is 3.17. The number of hydrogen-bond acceptors (Lipinski definition) is 5. The summed E-state index contributed by atoms with van der Waals surface area (Å²) in [6.45, 7) is 2.26. The second-order valence-corrected chi connectivity index (χ2v) is 7.77. The molecule has 0 spiro atoms. The van der Waals surface area contributed by atoms with Crippen LogP contribution in [0.15, 0.2) is 48.7 Å². The molecule has 3 aromatic rings. The van der Waals surface area contributed by atoms with Gasteiger partial charge in [0.1, 0.15) is 17.6 Å². The molecule has 0 radical (unpaired) electrons. The third kappa shape index (κ3) is 4.74. The van der Waals surface area contributed by atoms with Crippen molar-refractivity contribution >= 4 is 28.5 Å². The van der Waals surface area contributed by atoms with Crippen molar-refractivity contribution in [3.05, 3.63) is 60.0 Å². The first-order valence-corrected chi connectivity index (χ1v) is 10.3. The minimum Gasteiger partial charge on any atom is -0.497 e. The number of aliphatic carboxylic acids is 1. The van der Waals surface area contributed by atoms with Crippen LogP contribution in [0.3, 0.4) is 0 Å². The number of methoxy groups -OCH3 is 1. The molecule has 9 heteroatoms. The molecule has 4 rings (SSSR count). The fraction of sp³-hybridized carbons (Fsp3) is 0.304. The Balaban J connectivity index is 1.41. The van der Waals surface area contributed by atoms with Gasteiger partial charge >= 0.3 is 5.97 Å². The summed E-state index contributed by atoms with van der Waals surface area (Å²) in [4.78, 5) is 31.5. The number of amides is 1. The highest BCUT2D eigenvalue weighted by molar-refractivity contribution is 5.92. The largest absolute Gasteiger partial charge is 0.497 e. The smallest absolute Gasteiger partial charge is 0.325 e. The topological polar surface area (TPSA) is 97.9 Å². The summed E-state index contributed by atoms with van der Waals surface area (Å²) in [6, 6.07) is 10.5. The number of aromatic amines is 1. The number of halogens is 1. The lowest BCUT2D eigenvalue weighted by Gasteiger charge is -2.37. The van der Waals surface area contributed by atoms with Crippen molar-refractivity contribution in [2.75, 3.05) is 45.2 Å². The molecule has 0 saturated carbocycles. The van der Waals surface area contributed by atoms with Crippen molar-refractivity contribution in [2.45, 2.75) is 6.04 Å². The number of nitrogens with zero attached hydrogens (tertiary/aromatic N) is 2. The summed E-state index contributed by atoms with van der Waals surface area (Å²) in [6.07, 6.45) is 1.74. The number of fused-ring (bicyclic) bond motifs is 1. The average molecular weight is 440 g/mol. The van der Waals surface area contributed by atoms with E-state index in [9.17, 15) is 19.1 Å². The van der Waals surface area contributed by atoms with Crippen LogP contribution in [0.2, 0.25) is 0 Å². The van der Waals surface area contributed by atoms with Crippen LogP contribution in [-0.2, 0) is 9.59 Å². The summed E-state index contributed by atoms with van der Waals surface area (Å²) in [7, 11) is 1.58. The predicted molar refractivity (Wildman–Crippen MR) is 118 cm³/mol. The second kappa shape index (κ2) is 9.37. The molecule has 1 aliphatic heterocycles. The summed E-state index contributed by atoms with van der Waals surface area (Å²) in [5.41, 5.74) is 1.94.